The molecule has 6 rings (SSSR count). The molecule has 4 aromatic rings. The molecule has 3 heterocycles. The first-order valence-corrected chi connectivity index (χ1v) is 15.6. The third-order valence-corrected chi connectivity index (χ3v) is 10.6. The van der Waals surface area contributed by atoms with Crippen molar-refractivity contribution in [3.8, 4) is 0 Å². The van der Waals surface area contributed by atoms with Crippen LogP contribution in [0.25, 0.3) is 11.0 Å². The van der Waals surface area contributed by atoms with Crippen molar-refractivity contribution < 1.29 is 18.3 Å². The number of aryl methyl sites for hydroxylation is 3. The lowest BCUT2D eigenvalue weighted by atomic mass is 9.84. The molecule has 0 bridgehead atoms. The van der Waals surface area contributed by atoms with Crippen LogP contribution in [0.3, 0.4) is 0 Å². The summed E-state index contributed by atoms with van der Waals surface area (Å²) in [5.41, 5.74) is 6.95. The van der Waals surface area contributed by atoms with Gasteiger partial charge in [0.05, 0.1) is 17.6 Å². The number of aliphatic carboxylic acids is 1. The molecule has 41 heavy (non-hydrogen) atoms. The van der Waals surface area contributed by atoms with Crippen LogP contribution in [0, 0.1) is 13.8 Å². The van der Waals surface area contributed by atoms with E-state index in [1.54, 1.807) is 16.4 Å². The minimum Gasteiger partial charge on any atom is -0.481 e. The fourth-order valence-electron chi connectivity index (χ4n) is 6.52. The molecule has 1 aromatic heterocycles. The number of hydrogen-bond donors (Lipinski definition) is 1. The zero-order valence-corrected chi connectivity index (χ0v) is 24.4. The summed E-state index contributed by atoms with van der Waals surface area (Å²) in [6.45, 7) is 8.14. The molecule has 0 amide bonds. The van der Waals surface area contributed by atoms with Crippen LogP contribution in [-0.2, 0) is 27.9 Å². The van der Waals surface area contributed by atoms with Gasteiger partial charge in [0.2, 0.25) is 10.0 Å². The highest BCUT2D eigenvalue weighted by molar-refractivity contribution is 7.89. The van der Waals surface area contributed by atoms with Crippen molar-refractivity contribution in [2.24, 2.45) is 0 Å². The zero-order chi connectivity index (χ0) is 28.9. The van der Waals surface area contributed by atoms with Gasteiger partial charge in [0.15, 0.2) is 0 Å². The van der Waals surface area contributed by atoms with E-state index in [1.807, 2.05) is 67.9 Å². The number of aromatic nitrogens is 3. The maximum absolute atomic E-state index is 14.0. The second-order valence-electron chi connectivity index (χ2n) is 11.1. The number of hydrogen-bond acceptors (Lipinski definition) is 6. The number of sulfonamides is 1. The lowest BCUT2D eigenvalue weighted by Crippen LogP contribution is -2.39. The highest BCUT2D eigenvalue weighted by Gasteiger charge is 2.39. The largest absolute Gasteiger partial charge is 0.481 e. The minimum absolute atomic E-state index is 0.0941. The first-order valence-electron chi connectivity index (χ1n) is 14.2. The van der Waals surface area contributed by atoms with E-state index in [1.165, 1.54) is 0 Å². The van der Waals surface area contributed by atoms with E-state index in [9.17, 15) is 18.3 Å². The van der Waals surface area contributed by atoms with Crippen LogP contribution >= 0.6 is 0 Å². The van der Waals surface area contributed by atoms with Crippen molar-refractivity contribution in [1.29, 1.82) is 0 Å². The molecule has 0 saturated carbocycles. The quantitative estimate of drug-likeness (QED) is 0.337. The van der Waals surface area contributed by atoms with Gasteiger partial charge in [-0.2, -0.15) is 4.31 Å². The highest BCUT2D eigenvalue weighted by Crippen LogP contribution is 2.39. The molecular formula is C31H35N5O4S. The van der Waals surface area contributed by atoms with Crippen molar-refractivity contribution in [1.82, 2.24) is 19.3 Å². The molecule has 2 atom stereocenters. The van der Waals surface area contributed by atoms with Crippen molar-refractivity contribution in [2.75, 3.05) is 18.0 Å². The Labute approximate surface area is 240 Å². The number of anilines is 1. The van der Waals surface area contributed by atoms with Gasteiger partial charge in [-0.1, -0.05) is 41.6 Å². The third kappa shape index (κ3) is 4.78. The molecule has 9 nitrogen and oxygen atoms in total. The van der Waals surface area contributed by atoms with Crippen molar-refractivity contribution >= 4 is 32.7 Å². The van der Waals surface area contributed by atoms with E-state index >= 15 is 0 Å². The van der Waals surface area contributed by atoms with Gasteiger partial charge in [-0.25, -0.2) is 13.1 Å². The van der Waals surface area contributed by atoms with Crippen LogP contribution in [0.1, 0.15) is 59.9 Å². The molecule has 2 aliphatic heterocycles. The van der Waals surface area contributed by atoms with Crippen LogP contribution < -0.4 is 4.90 Å². The van der Waals surface area contributed by atoms with Crippen molar-refractivity contribution in [3.05, 3.63) is 82.4 Å². The van der Waals surface area contributed by atoms with Crippen molar-refractivity contribution in [3.63, 3.8) is 0 Å². The van der Waals surface area contributed by atoms with E-state index in [0.717, 1.165) is 63.9 Å². The topological polar surface area (TPSA) is 109 Å². The summed E-state index contributed by atoms with van der Waals surface area (Å²) < 4.78 is 31.4. The summed E-state index contributed by atoms with van der Waals surface area (Å²) in [7, 11) is -3.73. The third-order valence-electron chi connectivity index (χ3n) is 8.74. The van der Waals surface area contributed by atoms with Crippen LogP contribution in [0.15, 0.2) is 59.5 Å². The number of rotatable bonds is 7. The fourth-order valence-corrected chi connectivity index (χ4v) is 8.18. The molecule has 0 radical (unpaired) electrons. The summed E-state index contributed by atoms with van der Waals surface area (Å²) >= 11 is 0. The number of carboxylic acids is 1. The van der Waals surface area contributed by atoms with Gasteiger partial charge < -0.3 is 10.0 Å². The maximum atomic E-state index is 14.0. The maximum Gasteiger partial charge on any atom is 0.304 e. The summed E-state index contributed by atoms with van der Waals surface area (Å²) in [6.07, 6.45) is 1.89. The number of para-hydroxylation sites is 1. The molecule has 2 aliphatic rings. The Morgan fingerprint density at radius 3 is 2.71 bits per heavy atom. The van der Waals surface area contributed by atoms with E-state index in [4.69, 9.17) is 0 Å². The molecule has 214 valence electrons. The highest BCUT2D eigenvalue weighted by atomic mass is 32.2. The minimum atomic E-state index is -3.73. The van der Waals surface area contributed by atoms with E-state index in [0.29, 0.717) is 18.0 Å². The normalized spacial score (nSPS) is 19.1. The molecule has 1 N–H and O–H groups in total. The smallest absolute Gasteiger partial charge is 0.304 e. The number of carbonyl (C=O) groups is 1. The summed E-state index contributed by atoms with van der Waals surface area (Å²) in [6, 6.07) is 17.3. The standard InChI is InChI=1S/C31H35N5O4S/c1-4-36-28-14-13-25(21(3)31(28)32-33-36)26(17-30(37)38)22-12-11-20(2)23(16-22)18-34-19-24-8-7-15-35(24)27-9-5-6-10-29(27)41(34,39)40/h5-6,9-14,16,24,26H,4,7-8,15,17-19H2,1-3H3,(H,37,38). The first-order chi connectivity index (χ1) is 19.7. The molecule has 1 saturated heterocycles. The monoisotopic (exact) mass is 573 g/mol. The number of carboxylic acid groups (broad SMARTS) is 1. The molecule has 3 aromatic carbocycles. The van der Waals surface area contributed by atoms with Gasteiger partial charge in [0.25, 0.3) is 0 Å². The van der Waals surface area contributed by atoms with E-state index in [2.05, 4.69) is 15.2 Å². The van der Waals surface area contributed by atoms with Gasteiger partial charge in [-0.05, 0) is 79.6 Å². The van der Waals surface area contributed by atoms with Crippen LogP contribution in [-0.4, -0.2) is 57.9 Å². The van der Waals surface area contributed by atoms with E-state index in [-0.39, 0.29) is 19.0 Å². The SMILES string of the molecule is CCn1nnc2c(C)c(C(CC(=O)O)c3ccc(C)c(CN4CC5CCCN5c5ccccc5S4(=O)=O)c3)ccc21. The van der Waals surface area contributed by atoms with Crippen LogP contribution in [0.2, 0.25) is 0 Å². The van der Waals surface area contributed by atoms with Gasteiger partial charge in [0.1, 0.15) is 10.4 Å². The summed E-state index contributed by atoms with van der Waals surface area (Å²) in [4.78, 5) is 14.7. The van der Waals surface area contributed by atoms with E-state index < -0.39 is 21.9 Å². The van der Waals surface area contributed by atoms with Gasteiger partial charge in [-0.3, -0.25) is 4.79 Å². The van der Waals surface area contributed by atoms with Gasteiger partial charge in [-0.15, -0.1) is 5.10 Å². The fraction of sp³-hybridized carbons (Fsp3) is 0.387. The van der Waals surface area contributed by atoms with Crippen LogP contribution in [0.4, 0.5) is 5.69 Å². The van der Waals surface area contributed by atoms with Crippen molar-refractivity contribution in [2.45, 2.75) is 70.0 Å². The molecule has 0 aliphatic carbocycles. The summed E-state index contributed by atoms with van der Waals surface area (Å²) in [5.74, 6) is -1.32. The predicted octanol–water partition coefficient (Wildman–Crippen LogP) is 4.85. The Morgan fingerprint density at radius 1 is 1.12 bits per heavy atom. The molecule has 2 unspecified atom stereocenters. The van der Waals surface area contributed by atoms with Gasteiger partial charge >= 0.3 is 5.97 Å². The molecule has 0 spiro atoms. The Kier molecular flexibility index (Phi) is 7.07. The molecule has 1 fully saturated rings. The Morgan fingerprint density at radius 2 is 1.93 bits per heavy atom. The second kappa shape index (κ2) is 10.6. The lowest BCUT2D eigenvalue weighted by Gasteiger charge is -2.27. The number of benzene rings is 3. The molecule has 10 heteroatoms. The zero-order valence-electron chi connectivity index (χ0n) is 23.6. The Bertz CT molecular complexity index is 1750. The Hall–Kier alpha value is -3.76. The number of fused-ring (bicyclic) bond motifs is 4. The average molecular weight is 574 g/mol. The predicted molar refractivity (Wildman–Crippen MR) is 158 cm³/mol. The molecular weight excluding hydrogens is 538 g/mol. The van der Waals surface area contributed by atoms with Gasteiger partial charge in [0, 0.05) is 38.1 Å². The second-order valence-corrected chi connectivity index (χ2v) is 13.1. The summed E-state index contributed by atoms with van der Waals surface area (Å²) in [5, 5.41) is 18.5. The first kappa shape index (κ1) is 27.4. The lowest BCUT2D eigenvalue weighted by molar-refractivity contribution is -0.137. The average Bonchev–Trinajstić information content (AvgIpc) is 3.58. The van der Waals surface area contributed by atoms with Crippen LogP contribution in [0.5, 0.6) is 0 Å². The Balaban J connectivity index is 1.40. The number of nitrogens with zero attached hydrogens (tertiary/aromatic N) is 5.